The zero-order chi connectivity index (χ0) is 24.6. The Kier molecular flexibility index (Phi) is 9.45. The molecule has 0 saturated carbocycles. The van der Waals surface area contributed by atoms with Gasteiger partial charge in [0.05, 0.1) is 6.21 Å². The second-order valence-electron chi connectivity index (χ2n) is 9.64. The predicted molar refractivity (Wildman–Crippen MR) is 139 cm³/mol. The van der Waals surface area contributed by atoms with Gasteiger partial charge in [0.15, 0.2) is 5.60 Å². The fraction of sp³-hybridized carbons (Fsp3) is 0.448. The summed E-state index contributed by atoms with van der Waals surface area (Å²) in [6.07, 6.45) is 4.36. The Balaban J connectivity index is 2.20. The molecule has 2 aromatic rings. The number of aryl methyl sites for hydroxylation is 2. The summed E-state index contributed by atoms with van der Waals surface area (Å²) in [7, 11) is 0. The summed E-state index contributed by atoms with van der Waals surface area (Å²) < 4.78 is 6.03. The van der Waals surface area contributed by atoms with Crippen LogP contribution in [-0.2, 0) is 16.0 Å². The highest BCUT2D eigenvalue weighted by Crippen LogP contribution is 2.26. The van der Waals surface area contributed by atoms with Gasteiger partial charge in [-0.05, 0) is 79.0 Å². The average Bonchev–Trinajstić information content (AvgIpc) is 2.76. The van der Waals surface area contributed by atoms with Crippen LogP contribution in [0.15, 0.2) is 65.4 Å². The highest BCUT2D eigenvalue weighted by Gasteiger charge is 2.33. The minimum Gasteiger partial charge on any atom is -0.477 e. The first-order valence-corrected chi connectivity index (χ1v) is 11.8. The highest BCUT2D eigenvalue weighted by atomic mass is 16.5. The van der Waals surface area contributed by atoms with Gasteiger partial charge in [-0.2, -0.15) is 0 Å². The highest BCUT2D eigenvalue weighted by molar-refractivity contribution is 5.86. The van der Waals surface area contributed by atoms with E-state index in [1.54, 1.807) is 20.1 Å². The van der Waals surface area contributed by atoms with Crippen LogP contribution in [0.3, 0.4) is 0 Å². The fourth-order valence-corrected chi connectivity index (χ4v) is 3.58. The van der Waals surface area contributed by atoms with Crippen LogP contribution in [0.5, 0.6) is 0 Å². The predicted octanol–water partition coefficient (Wildman–Crippen LogP) is 6.31. The van der Waals surface area contributed by atoms with E-state index in [0.717, 1.165) is 6.42 Å². The number of carbonyl (C=O) groups excluding carboxylic acids is 1. The quantitative estimate of drug-likeness (QED) is 0.342. The number of ether oxygens (including phenoxy) is 1. The number of aliphatic imine (C=N–C) groups is 1. The monoisotopic (exact) mass is 448 g/mol. The molecule has 2 rings (SSSR count). The van der Waals surface area contributed by atoms with Crippen molar-refractivity contribution in [2.24, 2.45) is 4.99 Å². The third-order valence-electron chi connectivity index (χ3n) is 5.75. The van der Waals surface area contributed by atoms with Crippen LogP contribution in [0.1, 0.15) is 69.7 Å². The molecule has 4 nitrogen and oxygen atoms in total. The molecule has 0 bridgehead atoms. The van der Waals surface area contributed by atoms with Gasteiger partial charge in [-0.15, -0.1) is 0 Å². The van der Waals surface area contributed by atoms with Crippen molar-refractivity contribution in [1.82, 2.24) is 5.32 Å². The Morgan fingerprint density at radius 3 is 2.06 bits per heavy atom. The molecule has 2 unspecified atom stereocenters. The normalized spacial score (nSPS) is 14.4. The van der Waals surface area contributed by atoms with E-state index >= 15 is 0 Å². The standard InChI is InChI=1S/C29H40N2O2/c1-9-26(19-30-20(2)3)33-29(7,8)28(32)31-23(6)27(25-16-12-22(5)13-17-25)18-24-14-10-21(4)11-15-24/h9-17,19-20,23,27H,18H2,1-8H3,(H,31,32)/b26-9+,30-19?. The maximum atomic E-state index is 13.2. The molecule has 0 fully saturated rings. The van der Waals surface area contributed by atoms with Crippen molar-refractivity contribution in [3.8, 4) is 0 Å². The number of allylic oxidation sites excluding steroid dienone is 2. The van der Waals surface area contributed by atoms with Crippen molar-refractivity contribution in [2.75, 3.05) is 0 Å². The zero-order valence-corrected chi connectivity index (χ0v) is 21.5. The molecule has 4 heteroatoms. The fourth-order valence-electron chi connectivity index (χ4n) is 3.58. The molecule has 0 aliphatic carbocycles. The molecule has 178 valence electrons. The number of hydrogen-bond acceptors (Lipinski definition) is 3. The SMILES string of the molecule is C/C=C(\C=NC(C)C)OC(C)(C)C(=O)NC(C)C(Cc1ccc(C)cc1)c1ccc(C)cc1. The van der Waals surface area contributed by atoms with Crippen LogP contribution < -0.4 is 5.32 Å². The van der Waals surface area contributed by atoms with Crippen molar-refractivity contribution in [3.05, 3.63) is 82.6 Å². The molecule has 1 amide bonds. The Hall–Kier alpha value is -2.88. The van der Waals surface area contributed by atoms with E-state index in [1.165, 1.54) is 22.3 Å². The lowest BCUT2D eigenvalue weighted by Gasteiger charge is -2.31. The van der Waals surface area contributed by atoms with Crippen LogP contribution in [-0.4, -0.2) is 29.8 Å². The summed E-state index contributed by atoms with van der Waals surface area (Å²) in [6, 6.07) is 17.3. The zero-order valence-electron chi connectivity index (χ0n) is 21.5. The second kappa shape index (κ2) is 11.8. The number of benzene rings is 2. The van der Waals surface area contributed by atoms with Crippen LogP contribution >= 0.6 is 0 Å². The van der Waals surface area contributed by atoms with Gasteiger partial charge in [-0.25, -0.2) is 0 Å². The maximum Gasteiger partial charge on any atom is 0.263 e. The number of amides is 1. The third-order valence-corrected chi connectivity index (χ3v) is 5.75. The number of nitrogens with zero attached hydrogens (tertiary/aromatic N) is 1. The number of hydrogen-bond donors (Lipinski definition) is 1. The second-order valence-corrected chi connectivity index (χ2v) is 9.64. The molecule has 33 heavy (non-hydrogen) atoms. The number of carbonyl (C=O) groups is 1. The lowest BCUT2D eigenvalue weighted by Crippen LogP contribution is -2.49. The molecule has 0 radical (unpaired) electrons. The molecule has 2 aromatic carbocycles. The van der Waals surface area contributed by atoms with Crippen LogP contribution in [0.4, 0.5) is 0 Å². The van der Waals surface area contributed by atoms with Gasteiger partial charge in [-0.3, -0.25) is 9.79 Å². The van der Waals surface area contributed by atoms with E-state index in [2.05, 4.69) is 79.6 Å². The van der Waals surface area contributed by atoms with Crippen molar-refractivity contribution >= 4 is 12.1 Å². The first kappa shape index (κ1) is 26.4. The average molecular weight is 449 g/mol. The largest absolute Gasteiger partial charge is 0.477 e. The van der Waals surface area contributed by atoms with E-state index < -0.39 is 5.60 Å². The van der Waals surface area contributed by atoms with Crippen molar-refractivity contribution in [3.63, 3.8) is 0 Å². The lowest BCUT2D eigenvalue weighted by atomic mass is 9.85. The van der Waals surface area contributed by atoms with Gasteiger partial charge in [0, 0.05) is 18.0 Å². The number of rotatable bonds is 10. The number of nitrogens with one attached hydrogen (secondary N) is 1. The molecule has 0 aliphatic rings. The summed E-state index contributed by atoms with van der Waals surface area (Å²) in [5.74, 6) is 0.580. The Bertz CT molecular complexity index is 954. The molecule has 2 atom stereocenters. The van der Waals surface area contributed by atoms with Gasteiger partial charge in [-0.1, -0.05) is 59.7 Å². The van der Waals surface area contributed by atoms with Crippen LogP contribution in [0.2, 0.25) is 0 Å². The minimum atomic E-state index is -1.03. The van der Waals surface area contributed by atoms with Crippen molar-refractivity contribution in [1.29, 1.82) is 0 Å². The van der Waals surface area contributed by atoms with Gasteiger partial charge in [0.1, 0.15) is 5.76 Å². The molecule has 0 heterocycles. The van der Waals surface area contributed by atoms with E-state index in [9.17, 15) is 4.79 Å². The molecule has 0 aliphatic heterocycles. The Morgan fingerprint density at radius 1 is 1.00 bits per heavy atom. The topological polar surface area (TPSA) is 50.7 Å². The van der Waals surface area contributed by atoms with Gasteiger partial charge >= 0.3 is 0 Å². The summed E-state index contributed by atoms with van der Waals surface area (Å²) in [6.45, 7) is 15.7. The first-order valence-electron chi connectivity index (χ1n) is 11.8. The maximum absolute atomic E-state index is 13.2. The Labute approximate surface area is 200 Å². The van der Waals surface area contributed by atoms with E-state index in [4.69, 9.17) is 4.74 Å². The van der Waals surface area contributed by atoms with E-state index in [0.29, 0.717) is 5.76 Å². The molecular weight excluding hydrogens is 408 g/mol. The Morgan fingerprint density at radius 2 is 1.55 bits per heavy atom. The van der Waals surface area contributed by atoms with Gasteiger partial charge in [0.2, 0.25) is 0 Å². The van der Waals surface area contributed by atoms with Crippen molar-refractivity contribution in [2.45, 2.75) is 85.4 Å². The molecular formula is C29H40N2O2. The summed E-state index contributed by atoms with van der Waals surface area (Å²) in [5, 5.41) is 3.22. The summed E-state index contributed by atoms with van der Waals surface area (Å²) in [4.78, 5) is 17.6. The van der Waals surface area contributed by atoms with E-state index in [1.807, 2.05) is 26.8 Å². The van der Waals surface area contributed by atoms with Crippen LogP contribution in [0, 0.1) is 13.8 Å². The molecule has 1 N–H and O–H groups in total. The minimum absolute atomic E-state index is 0.0808. The lowest BCUT2D eigenvalue weighted by molar-refractivity contribution is -0.138. The first-order chi connectivity index (χ1) is 15.5. The van der Waals surface area contributed by atoms with Crippen LogP contribution in [0.25, 0.3) is 0 Å². The smallest absolute Gasteiger partial charge is 0.263 e. The summed E-state index contributed by atoms with van der Waals surface area (Å²) in [5.41, 5.74) is 3.91. The molecule has 0 spiro atoms. The van der Waals surface area contributed by atoms with Crippen molar-refractivity contribution < 1.29 is 9.53 Å². The molecule has 0 aromatic heterocycles. The third kappa shape index (κ3) is 8.20. The van der Waals surface area contributed by atoms with E-state index in [-0.39, 0.29) is 23.9 Å². The van der Waals surface area contributed by atoms with Gasteiger partial charge < -0.3 is 10.1 Å². The molecule has 0 saturated heterocycles. The van der Waals surface area contributed by atoms with Gasteiger partial charge in [0.25, 0.3) is 5.91 Å². The summed E-state index contributed by atoms with van der Waals surface area (Å²) >= 11 is 0.